The maximum Gasteiger partial charge on any atom is 0.119 e. The summed E-state index contributed by atoms with van der Waals surface area (Å²) >= 11 is 6.22. The Hall–Kier alpha value is -2.43. The molecule has 27 heavy (non-hydrogen) atoms. The number of halogens is 1. The molecule has 1 unspecified atom stereocenters. The lowest BCUT2D eigenvalue weighted by Crippen LogP contribution is -2.30. The van der Waals surface area contributed by atoms with Gasteiger partial charge in [0.2, 0.25) is 0 Å². The first-order valence-corrected chi connectivity index (χ1v) is 9.36. The Morgan fingerprint density at radius 1 is 1.41 bits per heavy atom. The molecule has 4 nitrogen and oxygen atoms in total. The molecule has 0 fully saturated rings. The lowest BCUT2D eigenvalue weighted by molar-refractivity contribution is 0.147. The summed E-state index contributed by atoms with van der Waals surface area (Å²) in [4.78, 5) is 5.92. The van der Waals surface area contributed by atoms with Crippen LogP contribution in [0.2, 0.25) is 5.02 Å². The van der Waals surface area contributed by atoms with E-state index in [-0.39, 0.29) is 6.04 Å². The van der Waals surface area contributed by atoms with Gasteiger partial charge in [-0.25, -0.2) is 0 Å². The topological polar surface area (TPSA) is 41.4 Å². The van der Waals surface area contributed by atoms with Crippen LogP contribution in [-0.4, -0.2) is 23.5 Å². The van der Waals surface area contributed by atoms with Crippen molar-refractivity contribution in [3.8, 4) is 0 Å². The molecule has 3 aromatic rings. The summed E-state index contributed by atoms with van der Waals surface area (Å²) in [7, 11) is 1.70. The number of aromatic nitrogens is 1. The Balaban J connectivity index is 2.13. The van der Waals surface area contributed by atoms with Crippen molar-refractivity contribution in [2.45, 2.75) is 26.4 Å². The van der Waals surface area contributed by atoms with Gasteiger partial charge in [0.1, 0.15) is 11.8 Å². The third-order valence-electron chi connectivity index (χ3n) is 4.86. The number of rotatable bonds is 8. The van der Waals surface area contributed by atoms with Crippen LogP contribution in [0.15, 0.2) is 65.7 Å². The van der Waals surface area contributed by atoms with E-state index in [1.165, 1.54) is 0 Å². The van der Waals surface area contributed by atoms with Crippen molar-refractivity contribution in [1.82, 2.24) is 9.88 Å². The quantitative estimate of drug-likeness (QED) is 0.382. The summed E-state index contributed by atoms with van der Waals surface area (Å²) in [5, 5.41) is 1.85. The van der Waals surface area contributed by atoms with E-state index >= 15 is 0 Å². The Kier molecular flexibility index (Phi) is 6.09. The van der Waals surface area contributed by atoms with Crippen molar-refractivity contribution < 1.29 is 9.15 Å². The summed E-state index contributed by atoms with van der Waals surface area (Å²) < 4.78 is 11.0. The summed E-state index contributed by atoms with van der Waals surface area (Å²) in [6.45, 7) is 9.68. The van der Waals surface area contributed by atoms with Crippen molar-refractivity contribution in [3.63, 3.8) is 0 Å². The van der Waals surface area contributed by atoms with Crippen LogP contribution in [0.25, 0.3) is 10.9 Å². The van der Waals surface area contributed by atoms with Gasteiger partial charge in [0.25, 0.3) is 0 Å². The number of nitrogens with one attached hydrogen (secondary N) is 1. The Morgan fingerprint density at radius 2 is 2.22 bits per heavy atom. The molecule has 3 rings (SSSR count). The molecule has 0 saturated heterocycles. The van der Waals surface area contributed by atoms with E-state index in [2.05, 4.69) is 30.3 Å². The molecular formula is C22H25ClN2O2. The average molecular weight is 385 g/mol. The van der Waals surface area contributed by atoms with Crippen LogP contribution < -0.4 is 0 Å². The standard InChI is InChI=1S/C22H25ClN2O2/c1-5-7-20(26-4)22(25(6-2)13-16-10-11-27-14-16)21-15(3)18-12-17(23)8-9-19(18)24-21/h5,7-12,14,22,24H,1,6,13H2,2-4H3/b20-7-. The van der Waals surface area contributed by atoms with Gasteiger partial charge in [-0.05, 0) is 49.4 Å². The highest BCUT2D eigenvalue weighted by molar-refractivity contribution is 6.31. The van der Waals surface area contributed by atoms with E-state index < -0.39 is 0 Å². The van der Waals surface area contributed by atoms with Crippen LogP contribution in [0.3, 0.4) is 0 Å². The van der Waals surface area contributed by atoms with Gasteiger partial charge in [0, 0.05) is 33.7 Å². The molecule has 1 N–H and O–H groups in total. The van der Waals surface area contributed by atoms with E-state index in [0.717, 1.165) is 51.6 Å². The number of ether oxygens (including phenoxy) is 1. The summed E-state index contributed by atoms with van der Waals surface area (Å²) in [6, 6.07) is 7.82. The summed E-state index contributed by atoms with van der Waals surface area (Å²) in [6.07, 6.45) is 7.15. The molecule has 2 aromatic heterocycles. The van der Waals surface area contributed by atoms with E-state index in [4.69, 9.17) is 20.8 Å². The fraction of sp³-hybridized carbons (Fsp3) is 0.273. The third-order valence-corrected chi connectivity index (χ3v) is 5.09. The van der Waals surface area contributed by atoms with E-state index in [9.17, 15) is 0 Å². The molecule has 0 aliphatic rings. The fourth-order valence-corrected chi connectivity index (χ4v) is 3.66. The molecule has 0 amide bonds. The van der Waals surface area contributed by atoms with Crippen molar-refractivity contribution in [2.75, 3.05) is 13.7 Å². The molecular weight excluding hydrogens is 360 g/mol. The zero-order chi connectivity index (χ0) is 19.4. The van der Waals surface area contributed by atoms with Crippen LogP contribution >= 0.6 is 11.6 Å². The largest absolute Gasteiger partial charge is 0.499 e. The number of methoxy groups -OCH3 is 1. The highest BCUT2D eigenvalue weighted by atomic mass is 35.5. The number of aromatic amines is 1. The number of hydrogen-bond acceptors (Lipinski definition) is 3. The van der Waals surface area contributed by atoms with Gasteiger partial charge in [-0.2, -0.15) is 0 Å². The highest BCUT2D eigenvalue weighted by Crippen LogP contribution is 2.36. The minimum atomic E-state index is -0.0842. The van der Waals surface area contributed by atoms with Crippen LogP contribution in [0.1, 0.15) is 29.8 Å². The van der Waals surface area contributed by atoms with Crippen molar-refractivity contribution in [1.29, 1.82) is 0 Å². The number of fused-ring (bicyclic) bond motifs is 1. The smallest absolute Gasteiger partial charge is 0.119 e. The highest BCUT2D eigenvalue weighted by Gasteiger charge is 2.28. The number of nitrogens with zero attached hydrogens (tertiary/aromatic N) is 1. The summed E-state index contributed by atoms with van der Waals surface area (Å²) in [5.74, 6) is 0.830. The van der Waals surface area contributed by atoms with Crippen LogP contribution in [0, 0.1) is 6.92 Å². The maximum absolute atomic E-state index is 6.22. The first-order valence-electron chi connectivity index (χ1n) is 8.98. The third kappa shape index (κ3) is 3.97. The molecule has 0 bridgehead atoms. The first-order chi connectivity index (χ1) is 13.1. The van der Waals surface area contributed by atoms with Crippen molar-refractivity contribution in [3.05, 3.63) is 83.1 Å². The fourth-order valence-electron chi connectivity index (χ4n) is 3.49. The monoisotopic (exact) mass is 384 g/mol. The molecule has 0 aliphatic heterocycles. The lowest BCUT2D eigenvalue weighted by atomic mass is 10.0. The van der Waals surface area contributed by atoms with Gasteiger partial charge in [-0.15, -0.1) is 0 Å². The Labute approximate surface area is 165 Å². The summed E-state index contributed by atoms with van der Waals surface area (Å²) in [5.41, 5.74) is 4.43. The van der Waals surface area contributed by atoms with Crippen LogP contribution in [0.5, 0.6) is 0 Å². The molecule has 1 aromatic carbocycles. The van der Waals surface area contributed by atoms with Gasteiger partial charge in [0.05, 0.1) is 19.6 Å². The number of hydrogen-bond donors (Lipinski definition) is 1. The first kappa shape index (κ1) is 19.3. The van der Waals surface area contributed by atoms with E-state index in [0.29, 0.717) is 0 Å². The second-order valence-corrected chi connectivity index (χ2v) is 6.90. The second-order valence-electron chi connectivity index (χ2n) is 6.46. The van der Waals surface area contributed by atoms with Crippen LogP contribution in [-0.2, 0) is 11.3 Å². The normalized spacial score (nSPS) is 13.3. The molecule has 0 saturated carbocycles. The zero-order valence-electron chi connectivity index (χ0n) is 16.0. The number of allylic oxidation sites excluding steroid dienone is 2. The molecule has 0 aliphatic carbocycles. The minimum absolute atomic E-state index is 0.0842. The molecule has 0 radical (unpaired) electrons. The zero-order valence-corrected chi connectivity index (χ0v) is 16.7. The van der Waals surface area contributed by atoms with Gasteiger partial charge in [0.15, 0.2) is 0 Å². The van der Waals surface area contributed by atoms with Gasteiger partial charge in [-0.1, -0.05) is 31.2 Å². The predicted octanol–water partition coefficient (Wildman–Crippen LogP) is 6.00. The molecule has 5 heteroatoms. The van der Waals surface area contributed by atoms with E-state index in [1.54, 1.807) is 25.7 Å². The van der Waals surface area contributed by atoms with Crippen molar-refractivity contribution in [2.24, 2.45) is 0 Å². The molecule has 1 atom stereocenters. The SMILES string of the molecule is C=C/C=C(\OC)C(c1[nH]c2ccc(Cl)cc2c1C)N(CC)Cc1ccoc1. The predicted molar refractivity (Wildman–Crippen MR) is 111 cm³/mol. The lowest BCUT2D eigenvalue weighted by Gasteiger charge is -2.31. The second kappa shape index (κ2) is 8.51. The average Bonchev–Trinajstić information content (AvgIpc) is 3.29. The number of likely N-dealkylation sites (N-methyl/N-ethyl adjacent to an activating group) is 1. The maximum atomic E-state index is 6.22. The minimum Gasteiger partial charge on any atom is -0.499 e. The van der Waals surface area contributed by atoms with Gasteiger partial charge in [-0.3, -0.25) is 4.90 Å². The number of aryl methyl sites for hydroxylation is 1. The van der Waals surface area contributed by atoms with Gasteiger partial charge < -0.3 is 14.1 Å². The number of benzene rings is 1. The Bertz CT molecular complexity index is 941. The molecule has 0 spiro atoms. The molecule has 2 heterocycles. The van der Waals surface area contributed by atoms with Crippen LogP contribution in [0.4, 0.5) is 0 Å². The van der Waals surface area contributed by atoms with E-state index in [1.807, 2.05) is 30.3 Å². The number of H-pyrrole nitrogens is 1. The van der Waals surface area contributed by atoms with Gasteiger partial charge >= 0.3 is 0 Å². The Morgan fingerprint density at radius 3 is 2.85 bits per heavy atom. The van der Waals surface area contributed by atoms with Crippen molar-refractivity contribution >= 4 is 22.5 Å². The number of furan rings is 1. The molecule has 142 valence electrons.